The van der Waals surface area contributed by atoms with E-state index < -0.39 is 0 Å². The standard InChI is InChI=1S/C20H19ClN4O2/c21-16-8-6-15(7-9-16)10-20(26)24-12-18(13-24)25-11-17(22-23-25)14-27-19-4-2-1-3-5-19/h1-9,11,18H,10,12-14H2. The van der Waals surface area contributed by atoms with Crippen LogP contribution in [0.5, 0.6) is 5.75 Å². The summed E-state index contributed by atoms with van der Waals surface area (Å²) in [4.78, 5) is 14.2. The Morgan fingerprint density at radius 3 is 2.59 bits per heavy atom. The highest BCUT2D eigenvalue weighted by Crippen LogP contribution is 2.22. The van der Waals surface area contributed by atoms with Crippen molar-refractivity contribution in [2.45, 2.75) is 19.1 Å². The number of rotatable bonds is 6. The van der Waals surface area contributed by atoms with Crippen LogP contribution in [0.15, 0.2) is 60.8 Å². The molecule has 1 aromatic heterocycles. The van der Waals surface area contributed by atoms with Crippen LogP contribution in [0, 0.1) is 0 Å². The normalized spacial score (nSPS) is 14.0. The molecule has 3 aromatic rings. The molecule has 1 saturated heterocycles. The third kappa shape index (κ3) is 4.28. The van der Waals surface area contributed by atoms with Gasteiger partial charge in [0.1, 0.15) is 18.1 Å². The Morgan fingerprint density at radius 1 is 1.11 bits per heavy atom. The fourth-order valence-electron chi connectivity index (χ4n) is 2.95. The lowest BCUT2D eigenvalue weighted by Gasteiger charge is -2.39. The molecular formula is C20H19ClN4O2. The molecule has 0 unspecified atom stereocenters. The summed E-state index contributed by atoms with van der Waals surface area (Å²) in [5.41, 5.74) is 1.73. The zero-order valence-electron chi connectivity index (χ0n) is 14.7. The number of hydrogen-bond donors (Lipinski definition) is 0. The summed E-state index contributed by atoms with van der Waals surface area (Å²) < 4.78 is 7.50. The first-order chi connectivity index (χ1) is 13.2. The minimum atomic E-state index is 0.112. The van der Waals surface area contributed by atoms with Crippen LogP contribution in [0.25, 0.3) is 0 Å². The second-order valence-electron chi connectivity index (χ2n) is 6.55. The van der Waals surface area contributed by atoms with Gasteiger partial charge in [0.25, 0.3) is 0 Å². The lowest BCUT2D eigenvalue weighted by Crippen LogP contribution is -2.51. The Balaban J connectivity index is 1.26. The van der Waals surface area contributed by atoms with E-state index >= 15 is 0 Å². The van der Waals surface area contributed by atoms with Gasteiger partial charge in [-0.3, -0.25) is 4.79 Å². The molecule has 0 radical (unpaired) electrons. The van der Waals surface area contributed by atoms with E-state index in [4.69, 9.17) is 16.3 Å². The van der Waals surface area contributed by atoms with Crippen molar-refractivity contribution >= 4 is 17.5 Å². The van der Waals surface area contributed by atoms with Gasteiger partial charge in [-0.15, -0.1) is 5.10 Å². The molecule has 0 saturated carbocycles. The van der Waals surface area contributed by atoms with E-state index in [1.165, 1.54) is 0 Å². The van der Waals surface area contributed by atoms with E-state index in [0.717, 1.165) is 17.0 Å². The number of nitrogens with zero attached hydrogens (tertiary/aromatic N) is 4. The molecule has 2 aromatic carbocycles. The third-order valence-electron chi connectivity index (χ3n) is 4.55. The maximum atomic E-state index is 12.3. The first-order valence-electron chi connectivity index (χ1n) is 8.78. The lowest BCUT2D eigenvalue weighted by atomic mass is 10.1. The van der Waals surface area contributed by atoms with Gasteiger partial charge in [-0.05, 0) is 29.8 Å². The van der Waals surface area contributed by atoms with Gasteiger partial charge in [-0.25, -0.2) is 4.68 Å². The summed E-state index contributed by atoms with van der Waals surface area (Å²) in [6.45, 7) is 1.67. The number of carbonyl (C=O) groups excluding carboxylic acids is 1. The molecule has 0 N–H and O–H groups in total. The van der Waals surface area contributed by atoms with Crippen molar-refractivity contribution < 1.29 is 9.53 Å². The van der Waals surface area contributed by atoms with Crippen molar-refractivity contribution in [3.63, 3.8) is 0 Å². The van der Waals surface area contributed by atoms with Gasteiger partial charge in [-0.2, -0.15) is 0 Å². The van der Waals surface area contributed by atoms with Crippen LogP contribution in [0.1, 0.15) is 17.3 Å². The Labute approximate surface area is 162 Å². The topological polar surface area (TPSA) is 60.2 Å². The number of amides is 1. The molecule has 0 atom stereocenters. The highest BCUT2D eigenvalue weighted by Gasteiger charge is 2.32. The second-order valence-corrected chi connectivity index (χ2v) is 6.98. The van der Waals surface area contributed by atoms with Crippen LogP contribution in [-0.4, -0.2) is 38.9 Å². The molecule has 0 spiro atoms. The van der Waals surface area contributed by atoms with Crippen molar-refractivity contribution in [2.75, 3.05) is 13.1 Å². The van der Waals surface area contributed by atoms with Gasteiger partial charge in [0.05, 0.1) is 18.7 Å². The van der Waals surface area contributed by atoms with Crippen LogP contribution in [0.2, 0.25) is 5.02 Å². The molecule has 0 bridgehead atoms. The van der Waals surface area contributed by atoms with Gasteiger partial charge in [0, 0.05) is 18.1 Å². The van der Waals surface area contributed by atoms with Crippen molar-refractivity contribution in [3.8, 4) is 5.75 Å². The first-order valence-corrected chi connectivity index (χ1v) is 9.16. The Hall–Kier alpha value is -2.86. The van der Waals surface area contributed by atoms with Gasteiger partial charge in [0.15, 0.2) is 0 Å². The summed E-state index contributed by atoms with van der Waals surface area (Å²) in [6, 6.07) is 17.1. The molecule has 2 heterocycles. The first kappa shape index (κ1) is 17.5. The van der Waals surface area contributed by atoms with Crippen LogP contribution >= 0.6 is 11.6 Å². The van der Waals surface area contributed by atoms with Crippen LogP contribution < -0.4 is 4.74 Å². The monoisotopic (exact) mass is 382 g/mol. The number of para-hydroxylation sites is 1. The summed E-state index contributed by atoms with van der Waals surface area (Å²) in [6.07, 6.45) is 2.27. The summed E-state index contributed by atoms with van der Waals surface area (Å²) in [7, 11) is 0. The zero-order chi connectivity index (χ0) is 18.6. The molecule has 27 heavy (non-hydrogen) atoms. The highest BCUT2D eigenvalue weighted by atomic mass is 35.5. The third-order valence-corrected chi connectivity index (χ3v) is 4.80. The van der Waals surface area contributed by atoms with Crippen LogP contribution in [0.4, 0.5) is 0 Å². The molecule has 1 aliphatic rings. The number of aromatic nitrogens is 3. The Morgan fingerprint density at radius 2 is 1.85 bits per heavy atom. The van der Waals surface area contributed by atoms with E-state index in [1.807, 2.05) is 58.2 Å². The highest BCUT2D eigenvalue weighted by molar-refractivity contribution is 6.30. The minimum absolute atomic E-state index is 0.112. The average molecular weight is 383 g/mol. The van der Waals surface area contributed by atoms with E-state index in [9.17, 15) is 4.79 Å². The fraction of sp³-hybridized carbons (Fsp3) is 0.250. The fourth-order valence-corrected chi connectivity index (χ4v) is 3.07. The number of ether oxygens (including phenoxy) is 1. The second kappa shape index (κ2) is 7.80. The van der Waals surface area contributed by atoms with Crippen molar-refractivity contribution in [3.05, 3.63) is 77.1 Å². The number of benzene rings is 2. The molecule has 4 rings (SSSR count). The van der Waals surface area contributed by atoms with Crippen LogP contribution in [0.3, 0.4) is 0 Å². The quantitative estimate of drug-likeness (QED) is 0.657. The molecule has 0 aliphatic carbocycles. The minimum Gasteiger partial charge on any atom is -0.487 e. The summed E-state index contributed by atoms with van der Waals surface area (Å²) >= 11 is 5.88. The summed E-state index contributed by atoms with van der Waals surface area (Å²) in [5, 5.41) is 9.00. The van der Waals surface area contributed by atoms with Gasteiger partial charge in [-0.1, -0.05) is 47.1 Å². The summed E-state index contributed by atoms with van der Waals surface area (Å²) in [5.74, 6) is 0.913. The molecule has 7 heteroatoms. The Kier molecular flexibility index (Phi) is 5.07. The number of carbonyl (C=O) groups is 1. The van der Waals surface area contributed by atoms with Crippen molar-refractivity contribution in [2.24, 2.45) is 0 Å². The van der Waals surface area contributed by atoms with Gasteiger partial charge in [0.2, 0.25) is 5.91 Å². The van der Waals surface area contributed by atoms with E-state index in [1.54, 1.807) is 12.1 Å². The van der Waals surface area contributed by atoms with E-state index in [2.05, 4.69) is 10.3 Å². The number of hydrogen-bond acceptors (Lipinski definition) is 4. The van der Waals surface area contributed by atoms with E-state index in [0.29, 0.717) is 31.1 Å². The largest absolute Gasteiger partial charge is 0.487 e. The smallest absolute Gasteiger partial charge is 0.227 e. The predicted octanol–water partition coefficient (Wildman–Crippen LogP) is 3.14. The molecule has 6 nitrogen and oxygen atoms in total. The van der Waals surface area contributed by atoms with Gasteiger partial charge < -0.3 is 9.64 Å². The Bertz CT molecular complexity index is 905. The van der Waals surface area contributed by atoms with Gasteiger partial charge >= 0.3 is 0 Å². The number of likely N-dealkylation sites (tertiary alicyclic amines) is 1. The maximum Gasteiger partial charge on any atom is 0.227 e. The maximum absolute atomic E-state index is 12.3. The average Bonchev–Trinajstić information content (AvgIpc) is 3.10. The molecule has 1 amide bonds. The van der Waals surface area contributed by atoms with Crippen LogP contribution in [-0.2, 0) is 17.8 Å². The molecule has 1 aliphatic heterocycles. The van der Waals surface area contributed by atoms with Crippen molar-refractivity contribution in [1.29, 1.82) is 0 Å². The SMILES string of the molecule is O=C(Cc1ccc(Cl)cc1)N1CC(n2cc(COc3ccccc3)nn2)C1. The predicted molar refractivity (Wildman–Crippen MR) is 102 cm³/mol. The zero-order valence-corrected chi connectivity index (χ0v) is 15.4. The van der Waals surface area contributed by atoms with E-state index in [-0.39, 0.29) is 11.9 Å². The molecule has 1 fully saturated rings. The van der Waals surface area contributed by atoms with Crippen molar-refractivity contribution in [1.82, 2.24) is 19.9 Å². The molecular weight excluding hydrogens is 364 g/mol. The molecule has 138 valence electrons. The number of halogens is 1. The lowest BCUT2D eigenvalue weighted by molar-refractivity contribution is -0.136.